The fourth-order valence-electron chi connectivity index (χ4n) is 1.67. The van der Waals surface area contributed by atoms with Crippen LogP contribution in [0.25, 0.3) is 0 Å². The largest absolute Gasteiger partial charge is 0.467 e. The molecule has 1 aromatic carbocycles. The minimum atomic E-state index is -0.258. The van der Waals surface area contributed by atoms with Crippen LogP contribution in [0.5, 0.6) is 0 Å². The highest BCUT2D eigenvalue weighted by Gasteiger charge is 2.16. The Balaban J connectivity index is 2.44. The van der Waals surface area contributed by atoms with Crippen LogP contribution >= 0.6 is 23.2 Å². The molecule has 0 aliphatic carbocycles. The molecular weight excluding hydrogens is 243 g/mol. The predicted octanol–water partition coefficient (Wildman–Crippen LogP) is 4.88. The molecule has 0 N–H and O–H groups in total. The van der Waals surface area contributed by atoms with Crippen molar-refractivity contribution in [3.63, 3.8) is 0 Å². The molecule has 1 atom stereocenters. The Kier molecular flexibility index (Phi) is 3.27. The van der Waals surface area contributed by atoms with Gasteiger partial charge in [0.1, 0.15) is 11.1 Å². The van der Waals surface area contributed by atoms with Gasteiger partial charge in [-0.2, -0.15) is 0 Å². The highest BCUT2D eigenvalue weighted by Crippen LogP contribution is 2.33. The zero-order valence-corrected chi connectivity index (χ0v) is 10.6. The number of hydrogen-bond donors (Lipinski definition) is 0. The lowest BCUT2D eigenvalue weighted by atomic mass is 10.0. The van der Waals surface area contributed by atoms with E-state index < -0.39 is 0 Å². The van der Waals surface area contributed by atoms with Crippen molar-refractivity contribution >= 4 is 23.2 Å². The number of alkyl halides is 1. The summed E-state index contributed by atoms with van der Waals surface area (Å²) in [7, 11) is 0. The second-order valence-electron chi connectivity index (χ2n) is 3.84. The van der Waals surface area contributed by atoms with Crippen molar-refractivity contribution in [3.05, 3.63) is 58.0 Å². The molecule has 1 aromatic heterocycles. The number of furan rings is 1. The van der Waals surface area contributed by atoms with Crippen LogP contribution < -0.4 is 0 Å². The van der Waals surface area contributed by atoms with E-state index in [1.165, 1.54) is 0 Å². The van der Waals surface area contributed by atoms with Gasteiger partial charge in [0.15, 0.2) is 0 Å². The van der Waals surface area contributed by atoms with Gasteiger partial charge in [-0.3, -0.25) is 0 Å². The first-order valence-electron chi connectivity index (χ1n) is 5.03. The summed E-state index contributed by atoms with van der Waals surface area (Å²) >= 11 is 12.4. The van der Waals surface area contributed by atoms with E-state index in [9.17, 15) is 0 Å². The van der Waals surface area contributed by atoms with Gasteiger partial charge in [-0.1, -0.05) is 17.7 Å². The molecule has 0 saturated carbocycles. The SMILES string of the molecule is Cc1cc(C(Cl)c2ccco2)c(C)cc1Cl. The zero-order chi connectivity index (χ0) is 11.7. The molecule has 2 aromatic rings. The topological polar surface area (TPSA) is 13.1 Å². The maximum absolute atomic E-state index is 6.37. The van der Waals surface area contributed by atoms with Crippen LogP contribution in [0.15, 0.2) is 34.9 Å². The first-order chi connectivity index (χ1) is 7.59. The van der Waals surface area contributed by atoms with Gasteiger partial charge in [-0.05, 0) is 48.7 Å². The Labute approximate surface area is 105 Å². The van der Waals surface area contributed by atoms with Gasteiger partial charge < -0.3 is 4.42 Å². The van der Waals surface area contributed by atoms with Gasteiger partial charge in [-0.25, -0.2) is 0 Å². The van der Waals surface area contributed by atoms with Crippen LogP contribution in [0.2, 0.25) is 5.02 Å². The van der Waals surface area contributed by atoms with Crippen molar-refractivity contribution in [1.29, 1.82) is 0 Å². The molecule has 0 aliphatic rings. The average molecular weight is 255 g/mol. The molecule has 0 amide bonds. The Hall–Kier alpha value is -0.920. The summed E-state index contributed by atoms with van der Waals surface area (Å²) in [5, 5.41) is 0.510. The summed E-state index contributed by atoms with van der Waals surface area (Å²) in [5.74, 6) is 0.756. The maximum Gasteiger partial charge on any atom is 0.126 e. The van der Waals surface area contributed by atoms with E-state index in [4.69, 9.17) is 27.6 Å². The number of hydrogen-bond acceptors (Lipinski definition) is 1. The van der Waals surface area contributed by atoms with Crippen molar-refractivity contribution in [3.8, 4) is 0 Å². The minimum Gasteiger partial charge on any atom is -0.467 e. The normalized spacial score (nSPS) is 12.8. The van der Waals surface area contributed by atoms with Crippen LogP contribution in [-0.2, 0) is 0 Å². The van der Waals surface area contributed by atoms with Crippen molar-refractivity contribution in [1.82, 2.24) is 0 Å². The molecule has 1 nitrogen and oxygen atoms in total. The molecule has 0 fully saturated rings. The van der Waals surface area contributed by atoms with Gasteiger partial charge in [-0.15, -0.1) is 11.6 Å². The number of benzene rings is 1. The third-order valence-electron chi connectivity index (χ3n) is 2.61. The molecule has 2 rings (SSSR count). The molecule has 0 saturated heterocycles. The predicted molar refractivity (Wildman–Crippen MR) is 67.3 cm³/mol. The first kappa shape index (κ1) is 11.6. The Bertz CT molecular complexity index is 489. The lowest BCUT2D eigenvalue weighted by Gasteiger charge is -2.12. The Morgan fingerprint density at radius 3 is 2.56 bits per heavy atom. The number of aryl methyl sites for hydroxylation is 2. The standard InChI is InChI=1S/C13H12Cl2O/c1-8-7-11(14)9(2)6-10(8)13(15)12-4-3-5-16-12/h3-7,13H,1-2H3. The molecule has 3 heteroatoms. The van der Waals surface area contributed by atoms with E-state index in [2.05, 4.69) is 0 Å². The van der Waals surface area contributed by atoms with Crippen LogP contribution in [0.4, 0.5) is 0 Å². The van der Waals surface area contributed by atoms with Crippen molar-refractivity contribution < 1.29 is 4.42 Å². The monoisotopic (exact) mass is 254 g/mol. The van der Waals surface area contributed by atoms with Gasteiger partial charge >= 0.3 is 0 Å². The first-order valence-corrected chi connectivity index (χ1v) is 5.85. The summed E-state index contributed by atoms with van der Waals surface area (Å²) < 4.78 is 5.31. The molecule has 0 aliphatic heterocycles. The van der Waals surface area contributed by atoms with E-state index in [1.54, 1.807) is 6.26 Å². The molecular formula is C13H12Cl2O. The Morgan fingerprint density at radius 1 is 1.19 bits per heavy atom. The highest BCUT2D eigenvalue weighted by atomic mass is 35.5. The van der Waals surface area contributed by atoms with Crippen LogP contribution in [0.1, 0.15) is 27.8 Å². The summed E-state index contributed by atoms with van der Waals surface area (Å²) in [6.07, 6.45) is 1.63. The fraction of sp³-hybridized carbons (Fsp3) is 0.231. The van der Waals surface area contributed by atoms with E-state index in [0.717, 1.165) is 27.5 Å². The molecule has 0 spiro atoms. The van der Waals surface area contributed by atoms with E-state index in [1.807, 2.05) is 38.1 Å². The quantitative estimate of drug-likeness (QED) is 0.697. The van der Waals surface area contributed by atoms with Crippen molar-refractivity contribution in [2.75, 3.05) is 0 Å². The van der Waals surface area contributed by atoms with Crippen LogP contribution in [-0.4, -0.2) is 0 Å². The van der Waals surface area contributed by atoms with Crippen molar-refractivity contribution in [2.24, 2.45) is 0 Å². The summed E-state index contributed by atoms with van der Waals surface area (Å²) in [6.45, 7) is 3.97. The number of halogens is 2. The molecule has 0 radical (unpaired) electrons. The molecule has 16 heavy (non-hydrogen) atoms. The maximum atomic E-state index is 6.37. The average Bonchev–Trinajstić information content (AvgIpc) is 2.75. The van der Waals surface area contributed by atoms with E-state index in [0.29, 0.717) is 0 Å². The second-order valence-corrected chi connectivity index (χ2v) is 4.68. The summed E-state index contributed by atoms with van der Waals surface area (Å²) in [6, 6.07) is 7.66. The smallest absolute Gasteiger partial charge is 0.126 e. The third-order valence-corrected chi connectivity index (χ3v) is 3.47. The zero-order valence-electron chi connectivity index (χ0n) is 9.13. The van der Waals surface area contributed by atoms with Gasteiger partial charge in [0.2, 0.25) is 0 Å². The fourth-order valence-corrected chi connectivity index (χ4v) is 2.24. The van der Waals surface area contributed by atoms with Crippen LogP contribution in [0.3, 0.4) is 0 Å². The molecule has 0 bridgehead atoms. The van der Waals surface area contributed by atoms with Crippen molar-refractivity contribution in [2.45, 2.75) is 19.2 Å². The third kappa shape index (κ3) is 2.11. The van der Waals surface area contributed by atoms with Gasteiger partial charge in [0, 0.05) is 5.02 Å². The Morgan fingerprint density at radius 2 is 1.94 bits per heavy atom. The molecule has 1 heterocycles. The van der Waals surface area contributed by atoms with Gasteiger partial charge in [0.25, 0.3) is 0 Å². The lowest BCUT2D eigenvalue weighted by molar-refractivity contribution is 0.516. The molecule has 1 unspecified atom stereocenters. The molecule has 84 valence electrons. The van der Waals surface area contributed by atoms with Crippen LogP contribution in [0, 0.1) is 13.8 Å². The number of rotatable bonds is 2. The minimum absolute atomic E-state index is 0.258. The summed E-state index contributed by atoms with van der Waals surface area (Å²) in [4.78, 5) is 0. The highest BCUT2D eigenvalue weighted by molar-refractivity contribution is 6.31. The second kappa shape index (κ2) is 4.52. The summed E-state index contributed by atoms with van der Waals surface area (Å²) in [5.41, 5.74) is 3.14. The van der Waals surface area contributed by atoms with E-state index in [-0.39, 0.29) is 5.38 Å². The van der Waals surface area contributed by atoms with E-state index >= 15 is 0 Å². The van der Waals surface area contributed by atoms with Gasteiger partial charge in [0.05, 0.1) is 6.26 Å². The lowest BCUT2D eigenvalue weighted by Crippen LogP contribution is -1.96.